The van der Waals surface area contributed by atoms with Crippen molar-refractivity contribution in [1.29, 1.82) is 0 Å². The number of hydrogen-bond acceptors (Lipinski definition) is 1. The zero-order valence-electron chi connectivity index (χ0n) is 12.7. The SMILES string of the molecule is C=CC[C@@H](O)C(C)c1c(C(F)(F)C(F)(F)CC)ccc(F)c1Br. The molecule has 130 valence electrons. The summed E-state index contributed by atoms with van der Waals surface area (Å²) < 4.78 is 69.5. The van der Waals surface area contributed by atoms with Gasteiger partial charge in [-0.05, 0) is 40.0 Å². The van der Waals surface area contributed by atoms with E-state index in [-0.39, 0.29) is 16.5 Å². The van der Waals surface area contributed by atoms with Crippen molar-refractivity contribution in [1.82, 2.24) is 0 Å². The fourth-order valence-corrected chi connectivity index (χ4v) is 2.98. The summed E-state index contributed by atoms with van der Waals surface area (Å²) in [5, 5.41) is 9.99. The third kappa shape index (κ3) is 3.76. The molecule has 0 amide bonds. The van der Waals surface area contributed by atoms with Crippen LogP contribution < -0.4 is 0 Å². The van der Waals surface area contributed by atoms with Gasteiger partial charge in [0.15, 0.2) is 0 Å². The Hall–Kier alpha value is -0.950. The van der Waals surface area contributed by atoms with E-state index in [4.69, 9.17) is 0 Å². The Balaban J connectivity index is 3.57. The lowest BCUT2D eigenvalue weighted by Gasteiger charge is -2.31. The molecule has 23 heavy (non-hydrogen) atoms. The molecule has 2 atom stereocenters. The molecule has 1 aromatic rings. The molecule has 0 heterocycles. The van der Waals surface area contributed by atoms with Gasteiger partial charge in [0.2, 0.25) is 0 Å². The minimum absolute atomic E-state index is 0.0549. The lowest BCUT2D eigenvalue weighted by molar-refractivity contribution is -0.217. The Morgan fingerprint density at radius 2 is 1.87 bits per heavy atom. The van der Waals surface area contributed by atoms with Gasteiger partial charge in [-0.25, -0.2) is 4.39 Å². The standard InChI is InChI=1S/C16H18BrF5O/c1-4-6-12(23)9(3)13-10(7-8-11(18)14(13)17)16(21,22)15(19,20)5-2/h4,7-9,12,23H,1,5-6H2,2-3H3/t9?,12-/m1/s1. The van der Waals surface area contributed by atoms with E-state index >= 15 is 0 Å². The topological polar surface area (TPSA) is 20.2 Å². The molecule has 0 aliphatic rings. The van der Waals surface area contributed by atoms with E-state index in [1.165, 1.54) is 13.0 Å². The summed E-state index contributed by atoms with van der Waals surface area (Å²) in [5.41, 5.74) is -1.36. The van der Waals surface area contributed by atoms with Gasteiger partial charge in [0, 0.05) is 17.9 Å². The first kappa shape index (κ1) is 20.1. The molecule has 0 aliphatic carbocycles. The molecule has 0 radical (unpaired) electrons. The maximum atomic E-state index is 14.3. The lowest BCUT2D eigenvalue weighted by Crippen LogP contribution is -2.39. The summed E-state index contributed by atoms with van der Waals surface area (Å²) in [5.74, 6) is -10.6. The van der Waals surface area contributed by atoms with Crippen molar-refractivity contribution in [2.24, 2.45) is 0 Å². The summed E-state index contributed by atoms with van der Waals surface area (Å²) in [6, 6.07) is 1.35. The molecular formula is C16H18BrF5O. The van der Waals surface area contributed by atoms with Gasteiger partial charge in [0.25, 0.3) is 0 Å². The van der Waals surface area contributed by atoms with E-state index in [2.05, 4.69) is 22.5 Å². The van der Waals surface area contributed by atoms with E-state index in [1.54, 1.807) is 0 Å². The predicted octanol–water partition coefficient (Wildman–Crippen LogP) is 5.77. The second-order valence-corrected chi connectivity index (χ2v) is 6.13. The van der Waals surface area contributed by atoms with Gasteiger partial charge >= 0.3 is 11.8 Å². The Morgan fingerprint density at radius 3 is 2.35 bits per heavy atom. The second-order valence-electron chi connectivity index (χ2n) is 5.34. The van der Waals surface area contributed by atoms with Crippen molar-refractivity contribution in [2.75, 3.05) is 0 Å². The molecule has 0 fully saturated rings. The smallest absolute Gasteiger partial charge is 0.335 e. The first-order valence-electron chi connectivity index (χ1n) is 7.04. The third-order valence-electron chi connectivity index (χ3n) is 3.81. The van der Waals surface area contributed by atoms with Crippen LogP contribution in [-0.4, -0.2) is 17.1 Å². The van der Waals surface area contributed by atoms with Crippen molar-refractivity contribution in [3.05, 3.63) is 46.2 Å². The van der Waals surface area contributed by atoms with E-state index in [1.807, 2.05) is 0 Å². The van der Waals surface area contributed by atoms with Crippen LogP contribution in [0.15, 0.2) is 29.3 Å². The summed E-state index contributed by atoms with van der Waals surface area (Å²) in [6.45, 7) is 5.75. The van der Waals surface area contributed by atoms with Crippen LogP contribution in [0, 0.1) is 5.82 Å². The molecule has 7 heteroatoms. The van der Waals surface area contributed by atoms with Crippen LogP contribution in [0.3, 0.4) is 0 Å². The number of rotatable bonds is 7. The molecule has 1 N–H and O–H groups in total. The van der Waals surface area contributed by atoms with Crippen molar-refractivity contribution in [2.45, 2.75) is 50.6 Å². The monoisotopic (exact) mass is 400 g/mol. The highest BCUT2D eigenvalue weighted by Crippen LogP contribution is 2.49. The Labute approximate surface area is 140 Å². The van der Waals surface area contributed by atoms with Crippen LogP contribution in [0.2, 0.25) is 0 Å². The van der Waals surface area contributed by atoms with Gasteiger partial charge in [-0.15, -0.1) is 6.58 Å². The molecule has 0 saturated carbocycles. The Morgan fingerprint density at radius 1 is 1.30 bits per heavy atom. The first-order chi connectivity index (χ1) is 10.5. The number of hydrogen-bond donors (Lipinski definition) is 1. The largest absolute Gasteiger partial charge is 0.392 e. The summed E-state index contributed by atoms with van der Waals surface area (Å²) in [6.07, 6.45) is -0.806. The maximum absolute atomic E-state index is 14.3. The quantitative estimate of drug-likeness (QED) is 0.455. The summed E-state index contributed by atoms with van der Waals surface area (Å²) >= 11 is 2.84. The second kappa shape index (κ2) is 7.30. The van der Waals surface area contributed by atoms with Gasteiger partial charge < -0.3 is 5.11 Å². The van der Waals surface area contributed by atoms with E-state index in [9.17, 15) is 27.1 Å². The summed E-state index contributed by atoms with van der Waals surface area (Å²) in [4.78, 5) is 0. The van der Waals surface area contributed by atoms with Crippen LogP contribution >= 0.6 is 15.9 Å². The van der Waals surface area contributed by atoms with Gasteiger partial charge in [-0.3, -0.25) is 0 Å². The summed E-state index contributed by atoms with van der Waals surface area (Å²) in [7, 11) is 0. The molecule has 1 rings (SSSR count). The van der Waals surface area contributed by atoms with E-state index in [0.717, 1.165) is 6.92 Å². The normalized spacial score (nSPS) is 15.3. The van der Waals surface area contributed by atoms with Gasteiger partial charge in [-0.1, -0.05) is 19.9 Å². The molecule has 1 nitrogen and oxygen atoms in total. The number of benzene rings is 1. The van der Waals surface area contributed by atoms with E-state index < -0.39 is 41.7 Å². The van der Waals surface area contributed by atoms with Crippen LogP contribution in [0.25, 0.3) is 0 Å². The van der Waals surface area contributed by atoms with Crippen molar-refractivity contribution in [3.8, 4) is 0 Å². The van der Waals surface area contributed by atoms with E-state index in [0.29, 0.717) is 12.1 Å². The molecule has 0 bridgehead atoms. The third-order valence-corrected chi connectivity index (χ3v) is 4.62. The predicted molar refractivity (Wildman–Crippen MR) is 82.5 cm³/mol. The first-order valence-corrected chi connectivity index (χ1v) is 7.83. The molecule has 1 unspecified atom stereocenters. The zero-order valence-corrected chi connectivity index (χ0v) is 14.3. The van der Waals surface area contributed by atoms with Crippen LogP contribution in [-0.2, 0) is 5.92 Å². The van der Waals surface area contributed by atoms with Gasteiger partial charge in [0.1, 0.15) is 5.82 Å². The number of aliphatic hydroxyl groups excluding tert-OH is 1. The highest BCUT2D eigenvalue weighted by molar-refractivity contribution is 9.10. The minimum atomic E-state index is -4.49. The molecule has 0 spiro atoms. The van der Waals surface area contributed by atoms with Crippen LogP contribution in [0.1, 0.15) is 43.7 Å². The molecule has 0 aromatic heterocycles. The Kier molecular flexibility index (Phi) is 6.38. The minimum Gasteiger partial charge on any atom is -0.392 e. The fraction of sp³-hybridized carbons (Fsp3) is 0.500. The molecular weight excluding hydrogens is 383 g/mol. The highest BCUT2D eigenvalue weighted by atomic mass is 79.9. The number of halogens is 6. The number of aliphatic hydroxyl groups is 1. The van der Waals surface area contributed by atoms with Gasteiger partial charge in [-0.2, -0.15) is 17.6 Å². The average molecular weight is 401 g/mol. The average Bonchev–Trinajstić information content (AvgIpc) is 2.48. The van der Waals surface area contributed by atoms with Crippen molar-refractivity contribution in [3.63, 3.8) is 0 Å². The number of alkyl halides is 4. The van der Waals surface area contributed by atoms with Crippen LogP contribution in [0.4, 0.5) is 22.0 Å². The molecule has 0 saturated heterocycles. The molecule has 1 aromatic carbocycles. The lowest BCUT2D eigenvalue weighted by atomic mass is 9.85. The highest BCUT2D eigenvalue weighted by Gasteiger charge is 2.57. The fourth-order valence-electron chi connectivity index (χ4n) is 2.27. The van der Waals surface area contributed by atoms with Crippen molar-refractivity contribution < 1.29 is 27.1 Å². The van der Waals surface area contributed by atoms with Gasteiger partial charge in [0.05, 0.1) is 10.6 Å². The Bertz CT molecular complexity index is 574. The van der Waals surface area contributed by atoms with Crippen LogP contribution in [0.5, 0.6) is 0 Å². The zero-order chi connectivity index (χ0) is 18.0. The molecule has 0 aliphatic heterocycles. The van der Waals surface area contributed by atoms with Crippen molar-refractivity contribution >= 4 is 15.9 Å². The maximum Gasteiger partial charge on any atom is 0.335 e.